The van der Waals surface area contributed by atoms with E-state index in [-0.39, 0.29) is 23.7 Å². The van der Waals surface area contributed by atoms with Crippen LogP contribution in [0.3, 0.4) is 0 Å². The maximum Gasteiger partial charge on any atom is 0.269 e. The molecule has 1 unspecified atom stereocenters. The summed E-state index contributed by atoms with van der Waals surface area (Å²) < 4.78 is 31.3. The van der Waals surface area contributed by atoms with Gasteiger partial charge in [0.15, 0.2) is 0 Å². The van der Waals surface area contributed by atoms with Crippen LogP contribution in [0.4, 0.5) is 5.69 Å². The number of nitro benzene ring substituents is 1. The van der Waals surface area contributed by atoms with Crippen LogP contribution >= 0.6 is 0 Å². The van der Waals surface area contributed by atoms with E-state index >= 15 is 0 Å². The van der Waals surface area contributed by atoms with Crippen LogP contribution in [0.1, 0.15) is 6.42 Å². The third kappa shape index (κ3) is 3.31. The quantitative estimate of drug-likeness (QED) is 0.585. The molecule has 0 amide bonds. The van der Waals surface area contributed by atoms with Gasteiger partial charge in [-0.2, -0.15) is 0 Å². The highest BCUT2D eigenvalue weighted by Gasteiger charge is 2.33. The van der Waals surface area contributed by atoms with Gasteiger partial charge in [0, 0.05) is 31.7 Å². The number of benzene rings is 1. The van der Waals surface area contributed by atoms with Crippen LogP contribution in [0, 0.1) is 10.1 Å². The van der Waals surface area contributed by atoms with Crippen molar-refractivity contribution in [3.63, 3.8) is 0 Å². The van der Waals surface area contributed by atoms with E-state index in [2.05, 4.69) is 4.72 Å². The van der Waals surface area contributed by atoms with Crippen molar-refractivity contribution in [2.75, 3.05) is 19.8 Å². The molecule has 1 heterocycles. The summed E-state index contributed by atoms with van der Waals surface area (Å²) in [7, 11) is -3.82. The Kier molecular flexibility index (Phi) is 4.04. The Hall–Kier alpha value is -1.55. The van der Waals surface area contributed by atoms with Crippen LogP contribution in [-0.2, 0) is 14.8 Å². The fourth-order valence-corrected chi connectivity index (χ4v) is 2.92. The predicted octanol–water partition coefficient (Wildman–Crippen LogP) is 0.0245. The predicted molar refractivity (Wildman–Crippen MR) is 68.7 cm³/mol. The van der Waals surface area contributed by atoms with Gasteiger partial charge in [-0.05, 0) is 12.1 Å². The number of nitro groups is 1. The molecule has 1 atom stereocenters. The van der Waals surface area contributed by atoms with Crippen LogP contribution in [0.2, 0.25) is 0 Å². The van der Waals surface area contributed by atoms with Crippen LogP contribution in [0.25, 0.3) is 0 Å². The summed E-state index contributed by atoms with van der Waals surface area (Å²) in [6, 6.07) is 4.52. The van der Waals surface area contributed by atoms with Crippen molar-refractivity contribution in [3.05, 3.63) is 34.4 Å². The molecule has 1 saturated heterocycles. The number of nitrogens with one attached hydrogen (secondary N) is 1. The number of sulfonamides is 1. The Labute approximate surface area is 115 Å². The van der Waals surface area contributed by atoms with Gasteiger partial charge in [-0.1, -0.05) is 0 Å². The lowest BCUT2D eigenvalue weighted by molar-refractivity contribution is -0.384. The number of nitrogens with zero attached hydrogens (tertiary/aromatic N) is 1. The van der Waals surface area contributed by atoms with Crippen LogP contribution in [0.5, 0.6) is 0 Å². The summed E-state index contributed by atoms with van der Waals surface area (Å²) in [6.07, 6.45) is 0.357. The minimum Gasteiger partial charge on any atom is -0.386 e. The van der Waals surface area contributed by atoms with Crippen molar-refractivity contribution < 1.29 is 23.2 Å². The fraction of sp³-hybridized carbons (Fsp3) is 0.455. The van der Waals surface area contributed by atoms with Gasteiger partial charge in [0.05, 0.1) is 16.4 Å². The lowest BCUT2D eigenvalue weighted by atomic mass is 10.1. The molecule has 0 aromatic heterocycles. The number of hydrogen-bond acceptors (Lipinski definition) is 6. The molecule has 0 spiro atoms. The smallest absolute Gasteiger partial charge is 0.269 e. The molecule has 1 aromatic rings. The van der Waals surface area contributed by atoms with Gasteiger partial charge in [0.2, 0.25) is 10.0 Å². The minimum absolute atomic E-state index is 0.0791. The van der Waals surface area contributed by atoms with Crippen molar-refractivity contribution >= 4 is 15.7 Å². The molecule has 8 nitrogen and oxygen atoms in total. The maximum absolute atomic E-state index is 12.0. The highest BCUT2D eigenvalue weighted by molar-refractivity contribution is 7.89. The number of hydrogen-bond donors (Lipinski definition) is 2. The Morgan fingerprint density at radius 2 is 2.05 bits per heavy atom. The first kappa shape index (κ1) is 14.9. The van der Waals surface area contributed by atoms with Gasteiger partial charge < -0.3 is 9.84 Å². The van der Waals surface area contributed by atoms with Crippen molar-refractivity contribution in [2.24, 2.45) is 0 Å². The van der Waals surface area contributed by atoms with Gasteiger partial charge in [-0.3, -0.25) is 10.1 Å². The van der Waals surface area contributed by atoms with E-state index < -0.39 is 20.5 Å². The Morgan fingerprint density at radius 1 is 1.40 bits per heavy atom. The van der Waals surface area contributed by atoms with E-state index in [4.69, 9.17) is 4.74 Å². The molecule has 1 aromatic carbocycles. The average molecular weight is 302 g/mol. The number of ether oxygens (including phenoxy) is 1. The summed E-state index contributed by atoms with van der Waals surface area (Å²) in [5.74, 6) is 0. The lowest BCUT2D eigenvalue weighted by Crippen LogP contribution is -2.43. The molecule has 1 aliphatic heterocycles. The van der Waals surface area contributed by atoms with Gasteiger partial charge >= 0.3 is 0 Å². The van der Waals surface area contributed by atoms with Crippen molar-refractivity contribution in [2.45, 2.75) is 16.9 Å². The molecule has 0 saturated carbocycles. The van der Waals surface area contributed by atoms with Crippen LogP contribution < -0.4 is 4.72 Å². The lowest BCUT2D eigenvalue weighted by Gasteiger charge is -2.20. The topological polar surface area (TPSA) is 119 Å². The Bertz CT molecular complexity index is 592. The maximum atomic E-state index is 12.0. The Morgan fingerprint density at radius 3 is 2.55 bits per heavy atom. The van der Waals surface area contributed by atoms with E-state index in [1.807, 2.05) is 0 Å². The Balaban J connectivity index is 2.08. The molecule has 0 bridgehead atoms. The van der Waals surface area contributed by atoms with Gasteiger partial charge in [0.25, 0.3) is 5.69 Å². The second-order valence-electron chi connectivity index (χ2n) is 4.60. The zero-order chi connectivity index (χ0) is 14.8. The summed E-state index contributed by atoms with van der Waals surface area (Å²) in [4.78, 5) is 9.80. The van der Waals surface area contributed by atoms with Crippen molar-refractivity contribution in [1.82, 2.24) is 4.72 Å². The first-order chi connectivity index (χ1) is 9.32. The van der Waals surface area contributed by atoms with Gasteiger partial charge in [0.1, 0.15) is 5.60 Å². The zero-order valence-corrected chi connectivity index (χ0v) is 11.3. The highest BCUT2D eigenvalue weighted by atomic mass is 32.2. The van der Waals surface area contributed by atoms with Crippen molar-refractivity contribution in [3.8, 4) is 0 Å². The first-order valence-corrected chi connectivity index (χ1v) is 7.35. The number of rotatable bonds is 5. The summed E-state index contributed by atoms with van der Waals surface area (Å²) >= 11 is 0. The van der Waals surface area contributed by atoms with E-state index in [0.717, 1.165) is 24.3 Å². The molecule has 2 N–H and O–H groups in total. The molecule has 0 aliphatic carbocycles. The number of aliphatic hydroxyl groups is 1. The molecule has 110 valence electrons. The molecule has 9 heteroatoms. The number of non-ortho nitro benzene ring substituents is 1. The average Bonchev–Trinajstić information content (AvgIpc) is 2.84. The largest absolute Gasteiger partial charge is 0.386 e. The molecule has 0 radical (unpaired) electrons. The van der Waals surface area contributed by atoms with E-state index in [0.29, 0.717) is 13.0 Å². The summed E-state index contributed by atoms with van der Waals surface area (Å²) in [5.41, 5.74) is -1.39. The minimum atomic E-state index is -3.82. The SMILES string of the molecule is O=[N+]([O-])c1ccc(S(=O)(=O)NCC2(O)CCOC2)cc1. The van der Waals surface area contributed by atoms with Crippen LogP contribution in [-0.4, -0.2) is 43.8 Å². The standard InChI is InChI=1S/C11H14N2O6S/c14-11(5-6-19-8-11)7-12-20(17,18)10-3-1-9(2-4-10)13(15)16/h1-4,12,14H,5-8H2. The molecule has 1 fully saturated rings. The third-order valence-electron chi connectivity index (χ3n) is 3.03. The van der Waals surface area contributed by atoms with Crippen molar-refractivity contribution in [1.29, 1.82) is 0 Å². The van der Waals surface area contributed by atoms with E-state index in [9.17, 15) is 23.6 Å². The monoisotopic (exact) mass is 302 g/mol. The molecule has 1 aliphatic rings. The normalized spacial score (nSPS) is 22.9. The first-order valence-electron chi connectivity index (χ1n) is 5.87. The van der Waals surface area contributed by atoms with Gasteiger partial charge in [-0.15, -0.1) is 0 Å². The molecule has 20 heavy (non-hydrogen) atoms. The fourth-order valence-electron chi connectivity index (χ4n) is 1.80. The summed E-state index contributed by atoms with van der Waals surface area (Å²) in [5, 5.41) is 20.5. The molecular formula is C11H14N2O6S. The second-order valence-corrected chi connectivity index (χ2v) is 6.37. The third-order valence-corrected chi connectivity index (χ3v) is 4.45. The molecule has 2 rings (SSSR count). The molecular weight excluding hydrogens is 288 g/mol. The zero-order valence-electron chi connectivity index (χ0n) is 10.5. The van der Waals surface area contributed by atoms with E-state index in [1.165, 1.54) is 0 Å². The van der Waals surface area contributed by atoms with Crippen LogP contribution in [0.15, 0.2) is 29.2 Å². The second kappa shape index (κ2) is 5.44. The summed E-state index contributed by atoms with van der Waals surface area (Å²) in [6.45, 7) is 0.303. The van der Waals surface area contributed by atoms with Gasteiger partial charge in [-0.25, -0.2) is 13.1 Å². The highest BCUT2D eigenvalue weighted by Crippen LogP contribution is 2.19. The van der Waals surface area contributed by atoms with E-state index in [1.54, 1.807) is 0 Å².